The van der Waals surface area contributed by atoms with Crippen molar-refractivity contribution in [1.29, 1.82) is 0 Å². The van der Waals surface area contributed by atoms with E-state index in [4.69, 9.17) is 10.2 Å². The number of quaternary nitrogens is 1. The van der Waals surface area contributed by atoms with Gasteiger partial charge in [-0.25, -0.2) is 0 Å². The van der Waals surface area contributed by atoms with Crippen molar-refractivity contribution in [2.75, 3.05) is 19.7 Å². The zero-order chi connectivity index (χ0) is 15.8. The van der Waals surface area contributed by atoms with Gasteiger partial charge in [-0.15, -0.1) is 6.61 Å². The largest absolute Gasteiger partial charge is 0.854 e. The Labute approximate surface area is 125 Å². The van der Waals surface area contributed by atoms with Gasteiger partial charge in [-0.3, -0.25) is 0 Å². The Hall–Kier alpha value is -0.160. The van der Waals surface area contributed by atoms with Crippen molar-refractivity contribution in [3.63, 3.8) is 0 Å². The molecule has 0 bridgehead atoms. The van der Waals surface area contributed by atoms with Gasteiger partial charge in [0.15, 0.2) is 0 Å². The Bertz CT molecular complexity index is 165. The fourth-order valence-electron chi connectivity index (χ4n) is 1.76. The summed E-state index contributed by atoms with van der Waals surface area (Å²) in [5.41, 5.74) is 0. The Morgan fingerprint density at radius 3 is 1.65 bits per heavy atom. The summed E-state index contributed by atoms with van der Waals surface area (Å²) < 4.78 is 0. The number of aliphatic hydroxyl groups is 2. The van der Waals surface area contributed by atoms with Crippen molar-refractivity contribution < 1.29 is 20.6 Å². The summed E-state index contributed by atoms with van der Waals surface area (Å²) in [6, 6.07) is 0. The van der Waals surface area contributed by atoms with Gasteiger partial charge in [0.25, 0.3) is 0 Å². The molecule has 0 radical (unpaired) electrons. The van der Waals surface area contributed by atoms with Gasteiger partial charge in [-0.2, -0.15) is 0 Å². The van der Waals surface area contributed by atoms with Crippen molar-refractivity contribution in [1.82, 2.24) is 0 Å². The predicted octanol–water partition coefficient (Wildman–Crippen LogP) is 0.655. The number of aliphatic hydroxyl groups excluding tert-OH is 2. The molecule has 0 aromatic heterocycles. The topological polar surface area (TPSA) is 80.1 Å². The maximum atomic E-state index is 10.1. The standard InChI is InChI=1S/C10H21O.C6H15NO2/c1-10(2)8-6-4-3-5-7-9-11;1-5(8)3-7-4-6(2)9/h10H,3-9H2,1-2H3;5-9H,3-4H2,1-2H3/q-1;/p+1. The smallest absolute Gasteiger partial charge is 0.102 e. The number of hydrogen-bond acceptors (Lipinski definition) is 3. The summed E-state index contributed by atoms with van der Waals surface area (Å²) in [5, 5.41) is 29.5. The monoisotopic (exact) mass is 291 g/mol. The van der Waals surface area contributed by atoms with Gasteiger partial charge >= 0.3 is 0 Å². The summed E-state index contributed by atoms with van der Waals surface area (Å²) in [6.07, 6.45) is 6.73. The van der Waals surface area contributed by atoms with Crippen LogP contribution in [0.1, 0.15) is 66.2 Å². The summed E-state index contributed by atoms with van der Waals surface area (Å²) in [5.74, 6) is 0.842. The van der Waals surface area contributed by atoms with Crippen molar-refractivity contribution in [2.24, 2.45) is 5.92 Å². The van der Waals surface area contributed by atoms with E-state index in [1.165, 1.54) is 25.7 Å². The van der Waals surface area contributed by atoms with E-state index in [9.17, 15) is 5.11 Å². The highest BCUT2D eigenvalue weighted by Crippen LogP contribution is 2.09. The lowest BCUT2D eigenvalue weighted by atomic mass is 10.0. The van der Waals surface area contributed by atoms with Gasteiger partial charge < -0.3 is 20.6 Å². The molecule has 0 saturated heterocycles. The second-order valence-electron chi connectivity index (χ2n) is 6.11. The number of rotatable bonds is 11. The minimum atomic E-state index is -0.274. The predicted molar refractivity (Wildman–Crippen MR) is 82.4 cm³/mol. The van der Waals surface area contributed by atoms with E-state index in [0.717, 1.165) is 18.8 Å². The molecule has 4 nitrogen and oxygen atoms in total. The lowest BCUT2D eigenvalue weighted by Crippen LogP contribution is -2.88. The summed E-state index contributed by atoms with van der Waals surface area (Å²) >= 11 is 0. The number of nitrogens with two attached hydrogens (primary N) is 1. The Kier molecular flexibility index (Phi) is 18.7. The highest BCUT2D eigenvalue weighted by Gasteiger charge is 1.99. The lowest BCUT2D eigenvalue weighted by Gasteiger charge is -2.05. The van der Waals surface area contributed by atoms with E-state index in [1.807, 2.05) is 5.32 Å². The second-order valence-corrected chi connectivity index (χ2v) is 6.11. The lowest BCUT2D eigenvalue weighted by molar-refractivity contribution is -0.665. The number of unbranched alkanes of at least 4 members (excludes halogenated alkanes) is 4. The molecule has 0 amide bonds. The van der Waals surface area contributed by atoms with E-state index in [-0.39, 0.29) is 18.8 Å². The van der Waals surface area contributed by atoms with E-state index >= 15 is 0 Å². The second kappa shape index (κ2) is 16.9. The molecule has 0 rings (SSSR count). The minimum Gasteiger partial charge on any atom is -0.854 e. The normalized spacial score (nSPS) is 13.8. The first kappa shape index (κ1) is 22.1. The average Bonchev–Trinajstić information content (AvgIpc) is 2.33. The fraction of sp³-hybridized carbons (Fsp3) is 1.00. The van der Waals surface area contributed by atoms with Crippen LogP contribution in [0, 0.1) is 5.92 Å². The van der Waals surface area contributed by atoms with Gasteiger partial charge in [0.2, 0.25) is 0 Å². The van der Waals surface area contributed by atoms with Gasteiger partial charge in [0.05, 0.1) is 12.2 Å². The molecule has 0 aliphatic carbocycles. The average molecular weight is 291 g/mol. The molecule has 0 spiro atoms. The molecule has 0 saturated carbocycles. The first-order chi connectivity index (χ1) is 9.40. The quantitative estimate of drug-likeness (QED) is 0.489. The molecule has 4 N–H and O–H groups in total. The van der Waals surface area contributed by atoms with Crippen LogP contribution in [0.2, 0.25) is 0 Å². The molecule has 2 atom stereocenters. The zero-order valence-corrected chi connectivity index (χ0v) is 14.0. The highest BCUT2D eigenvalue weighted by molar-refractivity contribution is 4.47. The van der Waals surface area contributed by atoms with E-state index in [0.29, 0.717) is 13.1 Å². The first-order valence-corrected chi connectivity index (χ1v) is 8.16. The van der Waals surface area contributed by atoms with Crippen LogP contribution in [0.25, 0.3) is 0 Å². The maximum Gasteiger partial charge on any atom is 0.102 e. The minimum absolute atomic E-state index is 0.115. The van der Waals surface area contributed by atoms with E-state index in [1.54, 1.807) is 13.8 Å². The molecule has 4 heteroatoms. The molecule has 0 aromatic rings. The first-order valence-electron chi connectivity index (χ1n) is 8.16. The third-order valence-electron chi connectivity index (χ3n) is 2.94. The molecule has 0 aliphatic rings. The molecule has 0 aliphatic heterocycles. The van der Waals surface area contributed by atoms with Gasteiger partial charge in [0, 0.05) is 0 Å². The number of hydrogen-bond donors (Lipinski definition) is 3. The van der Waals surface area contributed by atoms with Crippen molar-refractivity contribution in [3.8, 4) is 0 Å². The van der Waals surface area contributed by atoms with E-state index in [2.05, 4.69) is 13.8 Å². The molecule has 124 valence electrons. The van der Waals surface area contributed by atoms with E-state index < -0.39 is 0 Å². The van der Waals surface area contributed by atoms with Crippen LogP contribution in [0.5, 0.6) is 0 Å². The molecular formula is C16H37NO3. The maximum absolute atomic E-state index is 10.1. The Morgan fingerprint density at radius 2 is 1.25 bits per heavy atom. The SMILES string of the molecule is CC(C)CCCCCCC[O-].CC(O)C[NH2+]CC(C)O. The Morgan fingerprint density at radius 1 is 0.800 bits per heavy atom. The third-order valence-corrected chi connectivity index (χ3v) is 2.94. The molecular weight excluding hydrogens is 254 g/mol. The fourth-order valence-corrected chi connectivity index (χ4v) is 1.76. The van der Waals surface area contributed by atoms with Crippen LogP contribution in [0.4, 0.5) is 0 Å². The van der Waals surface area contributed by atoms with Gasteiger partial charge in [0.1, 0.15) is 13.1 Å². The summed E-state index contributed by atoms with van der Waals surface area (Å²) in [4.78, 5) is 0. The van der Waals surface area contributed by atoms with Gasteiger partial charge in [-0.05, 0) is 19.8 Å². The molecule has 0 fully saturated rings. The van der Waals surface area contributed by atoms with Crippen molar-refractivity contribution >= 4 is 0 Å². The van der Waals surface area contributed by atoms with Crippen LogP contribution in [0.15, 0.2) is 0 Å². The van der Waals surface area contributed by atoms with Gasteiger partial charge in [-0.1, -0.05) is 52.4 Å². The highest BCUT2D eigenvalue weighted by atomic mass is 16.3. The van der Waals surface area contributed by atoms with Crippen LogP contribution >= 0.6 is 0 Å². The molecule has 20 heavy (non-hydrogen) atoms. The van der Waals surface area contributed by atoms with Crippen LogP contribution in [-0.2, 0) is 0 Å². The van der Waals surface area contributed by atoms with Crippen molar-refractivity contribution in [3.05, 3.63) is 0 Å². The van der Waals surface area contributed by atoms with Crippen LogP contribution in [-0.4, -0.2) is 42.1 Å². The zero-order valence-electron chi connectivity index (χ0n) is 14.0. The van der Waals surface area contributed by atoms with Crippen molar-refractivity contribution in [2.45, 2.75) is 78.4 Å². The van der Waals surface area contributed by atoms with Crippen LogP contribution in [0.3, 0.4) is 0 Å². The molecule has 0 heterocycles. The Balaban J connectivity index is 0. The van der Waals surface area contributed by atoms with Crippen LogP contribution < -0.4 is 10.4 Å². The third kappa shape index (κ3) is 26.4. The molecule has 2 unspecified atom stereocenters. The summed E-state index contributed by atoms with van der Waals surface area (Å²) in [6.45, 7) is 9.45. The summed E-state index contributed by atoms with van der Waals surface area (Å²) in [7, 11) is 0. The molecule has 0 aromatic carbocycles.